The molecule has 2 aromatic carbocycles. The molecule has 8 heteroatoms. The number of halogens is 3. The van der Waals surface area contributed by atoms with E-state index in [4.69, 9.17) is 15.9 Å². The van der Waals surface area contributed by atoms with E-state index in [0.717, 1.165) is 18.4 Å². The van der Waals surface area contributed by atoms with Crippen LogP contribution in [0.3, 0.4) is 0 Å². The first-order valence-corrected chi connectivity index (χ1v) is 11.9. The Morgan fingerprint density at radius 3 is 2.43 bits per heavy atom. The normalized spacial score (nSPS) is 17.1. The van der Waals surface area contributed by atoms with Crippen molar-refractivity contribution in [1.82, 2.24) is 4.90 Å². The summed E-state index contributed by atoms with van der Waals surface area (Å²) in [4.78, 5) is 6.24. The minimum absolute atomic E-state index is 0.0766. The quantitative estimate of drug-likeness (QED) is 0.383. The molecule has 35 heavy (non-hydrogen) atoms. The number of methoxy groups -OCH3 is 1. The molecule has 0 saturated carbocycles. The van der Waals surface area contributed by atoms with E-state index in [2.05, 4.69) is 11.9 Å². The second-order valence-corrected chi connectivity index (χ2v) is 8.60. The zero-order valence-electron chi connectivity index (χ0n) is 20.5. The van der Waals surface area contributed by atoms with Crippen molar-refractivity contribution in [2.45, 2.75) is 58.2 Å². The third kappa shape index (κ3) is 6.44. The molecule has 1 atom stereocenters. The van der Waals surface area contributed by atoms with Gasteiger partial charge in [-0.15, -0.1) is 0 Å². The molecule has 2 aromatic rings. The van der Waals surface area contributed by atoms with Gasteiger partial charge < -0.3 is 15.4 Å². The first-order chi connectivity index (χ1) is 16.7. The molecule has 1 saturated heterocycles. The Hall–Kier alpha value is -3.29. The topological polar surface area (TPSA) is 74.7 Å². The van der Waals surface area contributed by atoms with Crippen LogP contribution in [-0.4, -0.2) is 36.5 Å². The Bertz CT molecular complexity index is 1090. The first-order valence-electron chi connectivity index (χ1n) is 11.9. The van der Waals surface area contributed by atoms with Crippen LogP contribution in [0, 0.1) is 5.41 Å². The van der Waals surface area contributed by atoms with Gasteiger partial charge in [-0.25, -0.2) is 4.99 Å². The van der Waals surface area contributed by atoms with Crippen molar-refractivity contribution >= 4 is 17.6 Å². The zero-order chi connectivity index (χ0) is 25.6. The van der Waals surface area contributed by atoms with Crippen molar-refractivity contribution in [3.8, 4) is 0 Å². The number of ether oxygens (including phenoxy) is 1. The van der Waals surface area contributed by atoms with Gasteiger partial charge in [0.1, 0.15) is 6.04 Å². The van der Waals surface area contributed by atoms with Gasteiger partial charge in [-0.05, 0) is 61.8 Å². The van der Waals surface area contributed by atoms with Gasteiger partial charge in [0.15, 0.2) is 5.96 Å². The molecule has 1 heterocycles. The number of nitrogens with one attached hydrogen (secondary N) is 1. The number of nitrogens with zero attached hydrogens (tertiary/aromatic N) is 2. The average Bonchev–Trinajstić information content (AvgIpc) is 3.33. The molecule has 5 nitrogen and oxygen atoms in total. The number of aryl methyl sites for hydroxylation is 3. The molecule has 3 N–H and O–H groups in total. The van der Waals surface area contributed by atoms with Crippen LogP contribution in [0.4, 0.5) is 13.2 Å². The van der Waals surface area contributed by atoms with Gasteiger partial charge in [-0.2, -0.15) is 13.2 Å². The zero-order valence-corrected chi connectivity index (χ0v) is 20.5. The number of likely N-dealkylation sites (tertiary alicyclic amines) is 1. The Labute approximate surface area is 205 Å². The number of hydrogen-bond acceptors (Lipinski definition) is 3. The van der Waals surface area contributed by atoms with Crippen molar-refractivity contribution in [1.29, 1.82) is 5.41 Å². The summed E-state index contributed by atoms with van der Waals surface area (Å²) in [5.41, 5.74) is 8.23. The third-order valence-corrected chi connectivity index (χ3v) is 6.39. The predicted octanol–water partition coefficient (Wildman–Crippen LogP) is 5.82. The molecule has 1 fully saturated rings. The molecule has 1 unspecified atom stereocenters. The molecule has 0 amide bonds. The molecule has 0 spiro atoms. The fraction of sp³-hybridized carbons (Fsp3) is 0.407. The summed E-state index contributed by atoms with van der Waals surface area (Å²) >= 11 is 0. The number of allylic oxidation sites excluding steroid dienone is 1. The van der Waals surface area contributed by atoms with Gasteiger partial charge in [-0.3, -0.25) is 5.41 Å². The van der Waals surface area contributed by atoms with Crippen molar-refractivity contribution < 1.29 is 17.9 Å². The van der Waals surface area contributed by atoms with E-state index in [1.807, 2.05) is 24.3 Å². The lowest BCUT2D eigenvalue weighted by atomic mass is 9.96. The van der Waals surface area contributed by atoms with Gasteiger partial charge in [0.05, 0.1) is 18.4 Å². The van der Waals surface area contributed by atoms with Crippen LogP contribution < -0.4 is 5.73 Å². The van der Waals surface area contributed by atoms with E-state index in [0.29, 0.717) is 36.5 Å². The molecular weight excluding hydrogens is 453 g/mol. The summed E-state index contributed by atoms with van der Waals surface area (Å²) in [6.45, 7) is 4.41. The minimum Gasteiger partial charge on any atom is -0.483 e. The summed E-state index contributed by atoms with van der Waals surface area (Å²) in [7, 11) is 1.47. The second kappa shape index (κ2) is 11.4. The summed E-state index contributed by atoms with van der Waals surface area (Å²) < 4.78 is 47.5. The molecule has 0 aliphatic carbocycles. The van der Waals surface area contributed by atoms with Crippen molar-refractivity contribution in [2.75, 3.05) is 13.7 Å². The van der Waals surface area contributed by atoms with Gasteiger partial charge in [-0.1, -0.05) is 49.4 Å². The summed E-state index contributed by atoms with van der Waals surface area (Å²) in [5, 5.41) is 7.78. The van der Waals surface area contributed by atoms with Crippen LogP contribution in [0.25, 0.3) is 5.70 Å². The lowest BCUT2D eigenvalue weighted by Crippen LogP contribution is -2.44. The molecule has 0 aromatic heterocycles. The summed E-state index contributed by atoms with van der Waals surface area (Å²) in [6.07, 6.45) is 0.443. The molecule has 0 bridgehead atoms. The highest BCUT2D eigenvalue weighted by Crippen LogP contribution is 2.35. The molecule has 3 rings (SSSR count). The molecule has 0 radical (unpaired) electrons. The number of guanidine groups is 1. The molecule has 188 valence electrons. The second-order valence-electron chi connectivity index (χ2n) is 8.60. The monoisotopic (exact) mass is 486 g/mol. The van der Waals surface area contributed by atoms with Crippen molar-refractivity contribution in [3.63, 3.8) is 0 Å². The van der Waals surface area contributed by atoms with Crippen LogP contribution >= 0.6 is 0 Å². The maximum absolute atomic E-state index is 14.0. The van der Waals surface area contributed by atoms with Gasteiger partial charge >= 0.3 is 6.18 Å². The van der Waals surface area contributed by atoms with E-state index >= 15 is 0 Å². The highest BCUT2D eigenvalue weighted by molar-refractivity contribution is 5.91. The minimum atomic E-state index is -4.49. The Kier molecular flexibility index (Phi) is 8.59. The van der Waals surface area contributed by atoms with E-state index in [1.54, 1.807) is 30.0 Å². The summed E-state index contributed by atoms with van der Waals surface area (Å²) in [6, 6.07) is 12.1. The van der Waals surface area contributed by atoms with Crippen molar-refractivity contribution in [2.24, 2.45) is 10.7 Å². The largest absolute Gasteiger partial charge is 0.483 e. The maximum atomic E-state index is 14.0. The van der Waals surface area contributed by atoms with Crippen molar-refractivity contribution in [3.05, 3.63) is 76.4 Å². The van der Waals surface area contributed by atoms with Gasteiger partial charge in [0.25, 0.3) is 0 Å². The fourth-order valence-electron chi connectivity index (χ4n) is 4.42. The van der Waals surface area contributed by atoms with Gasteiger partial charge in [0.2, 0.25) is 5.90 Å². The SMILES string of the molecule is C/C=C(\N=C(/OC)C1CCCN1C(=N)N)c1ccc(CCc2ccc(CC)cc2)c(C(F)(F)F)c1. The molecule has 1 aliphatic heterocycles. The van der Waals surface area contributed by atoms with E-state index in [-0.39, 0.29) is 24.0 Å². The van der Waals surface area contributed by atoms with Gasteiger partial charge in [0, 0.05) is 12.1 Å². The van der Waals surface area contributed by atoms with E-state index < -0.39 is 11.7 Å². The lowest BCUT2D eigenvalue weighted by Gasteiger charge is -2.25. The third-order valence-electron chi connectivity index (χ3n) is 6.39. The number of aliphatic imine (C=N–C) groups is 1. The maximum Gasteiger partial charge on any atom is 0.416 e. The Morgan fingerprint density at radius 2 is 1.86 bits per heavy atom. The molecule has 1 aliphatic rings. The standard InChI is InChI=1S/C27H33F3N4O/c1-4-18-8-10-19(11-9-18)12-13-20-14-15-21(17-22(20)27(28,29)30)23(5-2)33-25(35-3)24-7-6-16-34(24)26(31)32/h5,8-11,14-15,17,24H,4,6-7,12-13,16H2,1-3H3,(H3,31,32)/b23-5-,33-25-. The lowest BCUT2D eigenvalue weighted by molar-refractivity contribution is -0.138. The highest BCUT2D eigenvalue weighted by Gasteiger charge is 2.34. The summed E-state index contributed by atoms with van der Waals surface area (Å²) in [5.74, 6) is 0.256. The first kappa shape index (κ1) is 26.3. The number of hydrogen-bond donors (Lipinski definition) is 2. The number of benzene rings is 2. The Morgan fingerprint density at radius 1 is 1.17 bits per heavy atom. The van der Waals surface area contributed by atoms with Crippen LogP contribution in [0.2, 0.25) is 0 Å². The van der Waals surface area contributed by atoms with Crippen LogP contribution in [0.5, 0.6) is 0 Å². The van der Waals surface area contributed by atoms with Crippen LogP contribution in [0.1, 0.15) is 54.5 Å². The van der Waals surface area contributed by atoms with E-state index in [9.17, 15) is 13.2 Å². The smallest absolute Gasteiger partial charge is 0.416 e. The number of rotatable bonds is 7. The average molecular weight is 487 g/mol. The van der Waals surface area contributed by atoms with Crippen LogP contribution in [-0.2, 0) is 30.2 Å². The fourth-order valence-corrected chi connectivity index (χ4v) is 4.42. The van der Waals surface area contributed by atoms with Crippen LogP contribution in [0.15, 0.2) is 53.5 Å². The predicted molar refractivity (Wildman–Crippen MR) is 134 cm³/mol. The number of nitrogens with two attached hydrogens (primary N) is 1. The Balaban J connectivity index is 1.89. The van der Waals surface area contributed by atoms with E-state index in [1.165, 1.54) is 18.7 Å². The molecular formula is C27H33F3N4O. The highest BCUT2D eigenvalue weighted by atomic mass is 19.4. The number of alkyl halides is 3.